The fourth-order valence-electron chi connectivity index (χ4n) is 6.76. The van der Waals surface area contributed by atoms with Gasteiger partial charge in [-0.25, -0.2) is 4.79 Å². The Balaban J connectivity index is 1.13. The Kier molecular flexibility index (Phi) is 8.56. The van der Waals surface area contributed by atoms with E-state index in [-0.39, 0.29) is 29.8 Å². The molecule has 1 aromatic heterocycles. The average Bonchev–Trinajstić information content (AvgIpc) is 3.58. The number of amides is 1. The van der Waals surface area contributed by atoms with Gasteiger partial charge < -0.3 is 33.7 Å². The third kappa shape index (κ3) is 6.20. The predicted molar refractivity (Wildman–Crippen MR) is 162 cm³/mol. The number of nitrogens with zero attached hydrogens (tertiary/aromatic N) is 3. The van der Waals surface area contributed by atoms with Gasteiger partial charge in [0.25, 0.3) is 5.56 Å². The molecule has 6 rings (SSSR count). The van der Waals surface area contributed by atoms with E-state index in [0.29, 0.717) is 67.5 Å². The number of benzene rings is 2. The van der Waals surface area contributed by atoms with Crippen molar-refractivity contribution in [1.29, 1.82) is 0 Å². The van der Waals surface area contributed by atoms with Gasteiger partial charge in [-0.15, -0.1) is 0 Å². The maximum Gasteiger partial charge on any atom is 0.407 e. The number of piperidine rings is 1. The van der Waals surface area contributed by atoms with Crippen LogP contribution in [0.5, 0.6) is 17.2 Å². The zero-order chi connectivity index (χ0) is 29.9. The molecule has 10 heteroatoms. The summed E-state index contributed by atoms with van der Waals surface area (Å²) in [6, 6.07) is 12.6. The predicted octanol–water partition coefficient (Wildman–Crippen LogP) is 4.80. The molecule has 228 valence electrons. The Morgan fingerprint density at radius 1 is 0.953 bits per heavy atom. The van der Waals surface area contributed by atoms with Crippen LogP contribution in [0.3, 0.4) is 0 Å². The number of likely N-dealkylation sites (tertiary alicyclic amines) is 1. The van der Waals surface area contributed by atoms with Gasteiger partial charge in [0, 0.05) is 67.8 Å². The van der Waals surface area contributed by atoms with Crippen molar-refractivity contribution in [2.24, 2.45) is 5.92 Å². The van der Waals surface area contributed by atoms with Gasteiger partial charge in [-0.3, -0.25) is 9.59 Å². The quantitative estimate of drug-likeness (QED) is 0.355. The number of hydrogen-bond donors (Lipinski definition) is 1. The number of pyridine rings is 1. The number of aromatic nitrogens is 1. The van der Waals surface area contributed by atoms with Crippen LogP contribution in [0.2, 0.25) is 0 Å². The summed E-state index contributed by atoms with van der Waals surface area (Å²) in [7, 11) is 1.59. The van der Waals surface area contributed by atoms with Crippen LogP contribution in [0.15, 0.2) is 47.3 Å². The van der Waals surface area contributed by atoms with Crippen molar-refractivity contribution in [3.63, 3.8) is 0 Å². The number of fused-ring (bicyclic) bond motifs is 2. The smallest absolute Gasteiger partial charge is 0.407 e. The summed E-state index contributed by atoms with van der Waals surface area (Å²) >= 11 is 0. The molecule has 1 aliphatic carbocycles. The van der Waals surface area contributed by atoms with E-state index in [1.807, 2.05) is 36.4 Å². The van der Waals surface area contributed by atoms with Crippen LogP contribution in [0.4, 0.5) is 4.79 Å². The van der Waals surface area contributed by atoms with Crippen molar-refractivity contribution in [3.8, 4) is 17.2 Å². The molecule has 3 aliphatic rings. The highest BCUT2D eigenvalue weighted by molar-refractivity contribution is 6.08. The number of carbonyl (C=O) groups is 2. The summed E-state index contributed by atoms with van der Waals surface area (Å²) in [6.07, 6.45) is 4.34. The van der Waals surface area contributed by atoms with Crippen LogP contribution in [0, 0.1) is 5.92 Å². The number of methoxy groups -OCH3 is 1. The molecule has 10 nitrogen and oxygen atoms in total. The fraction of sp³-hybridized carbons (Fsp3) is 0.485. The Morgan fingerprint density at radius 3 is 2.42 bits per heavy atom. The molecule has 1 N–H and O–H groups in total. The monoisotopic (exact) mass is 589 g/mol. The lowest BCUT2D eigenvalue weighted by atomic mass is 9.94. The van der Waals surface area contributed by atoms with Crippen molar-refractivity contribution < 1.29 is 28.9 Å². The highest BCUT2D eigenvalue weighted by Gasteiger charge is 2.29. The zero-order valence-corrected chi connectivity index (χ0v) is 24.6. The van der Waals surface area contributed by atoms with Crippen LogP contribution >= 0.6 is 0 Å². The van der Waals surface area contributed by atoms with Crippen LogP contribution in [0.1, 0.15) is 54.4 Å². The molecule has 1 amide bonds. The van der Waals surface area contributed by atoms with Gasteiger partial charge in [0.2, 0.25) is 0 Å². The lowest BCUT2D eigenvalue weighted by molar-refractivity contribution is 0.0855. The average molecular weight is 590 g/mol. The minimum absolute atomic E-state index is 0.0122. The number of Topliss-reactive ketones (excluding diaryl/α,β-unsaturated/α-hetero) is 1. The molecule has 0 unspecified atom stereocenters. The second-order valence-corrected chi connectivity index (χ2v) is 11.7. The Hall–Kier alpha value is -4.05. The summed E-state index contributed by atoms with van der Waals surface area (Å²) in [5.41, 5.74) is 1.90. The fourth-order valence-corrected chi connectivity index (χ4v) is 6.76. The van der Waals surface area contributed by atoms with E-state index in [2.05, 4.69) is 4.90 Å². The Morgan fingerprint density at radius 2 is 1.70 bits per heavy atom. The molecule has 1 saturated heterocycles. The van der Waals surface area contributed by atoms with Crippen molar-refractivity contribution in [2.45, 2.75) is 57.7 Å². The molecule has 43 heavy (non-hydrogen) atoms. The van der Waals surface area contributed by atoms with Crippen LogP contribution in [-0.2, 0) is 13.1 Å². The van der Waals surface area contributed by atoms with Crippen LogP contribution < -0.4 is 19.8 Å². The summed E-state index contributed by atoms with van der Waals surface area (Å²) in [6.45, 7) is 3.83. The molecule has 0 spiro atoms. The van der Waals surface area contributed by atoms with Gasteiger partial charge in [0.05, 0.1) is 12.6 Å². The molecule has 0 radical (unpaired) electrons. The van der Waals surface area contributed by atoms with Crippen molar-refractivity contribution in [2.75, 3.05) is 40.0 Å². The number of hydrogen-bond acceptors (Lipinski definition) is 7. The molecular formula is C33H39N3O7. The maximum absolute atomic E-state index is 13.4. The van der Waals surface area contributed by atoms with Crippen molar-refractivity contribution in [1.82, 2.24) is 14.4 Å². The minimum atomic E-state index is -0.937. The van der Waals surface area contributed by atoms with E-state index in [1.54, 1.807) is 11.7 Å². The molecule has 2 fully saturated rings. The first-order valence-corrected chi connectivity index (χ1v) is 15.3. The lowest BCUT2D eigenvalue weighted by Crippen LogP contribution is -2.47. The first-order chi connectivity index (χ1) is 20.9. The second-order valence-electron chi connectivity index (χ2n) is 11.7. The zero-order valence-electron chi connectivity index (χ0n) is 24.6. The first kappa shape index (κ1) is 29.0. The Labute approximate surface area is 250 Å². The number of carbonyl (C=O) groups excluding carboxylic acids is 1. The van der Waals surface area contributed by atoms with Gasteiger partial charge in [0.15, 0.2) is 17.3 Å². The topological polar surface area (TPSA) is 111 Å². The van der Waals surface area contributed by atoms with E-state index in [9.17, 15) is 19.5 Å². The minimum Gasteiger partial charge on any atom is -0.497 e. The number of ether oxygens (including phenoxy) is 3. The molecule has 2 aromatic carbocycles. The third-order valence-corrected chi connectivity index (χ3v) is 9.15. The van der Waals surface area contributed by atoms with Gasteiger partial charge >= 0.3 is 6.09 Å². The summed E-state index contributed by atoms with van der Waals surface area (Å²) in [4.78, 5) is 42.8. The number of carboxylic acid groups (broad SMARTS) is 1. The first-order valence-electron chi connectivity index (χ1n) is 15.3. The van der Waals surface area contributed by atoms with Gasteiger partial charge in [-0.2, -0.15) is 0 Å². The highest BCUT2D eigenvalue weighted by Crippen LogP contribution is 2.33. The third-order valence-electron chi connectivity index (χ3n) is 9.15. The maximum atomic E-state index is 13.4. The molecule has 3 aromatic rings. The molecule has 1 saturated carbocycles. The van der Waals surface area contributed by atoms with Gasteiger partial charge in [-0.1, -0.05) is 18.9 Å². The van der Waals surface area contributed by atoms with Gasteiger partial charge in [0.1, 0.15) is 19.0 Å². The van der Waals surface area contributed by atoms with Crippen LogP contribution in [-0.4, -0.2) is 77.3 Å². The summed E-state index contributed by atoms with van der Waals surface area (Å²) in [5.74, 6) is 2.03. The number of ketones is 1. The summed E-state index contributed by atoms with van der Waals surface area (Å²) < 4.78 is 18.5. The lowest BCUT2D eigenvalue weighted by Gasteiger charge is -2.37. The van der Waals surface area contributed by atoms with E-state index < -0.39 is 6.09 Å². The van der Waals surface area contributed by atoms with Gasteiger partial charge in [-0.05, 0) is 55.5 Å². The Bertz CT molecular complexity index is 1550. The van der Waals surface area contributed by atoms with Crippen molar-refractivity contribution >= 4 is 22.8 Å². The standard InChI is InChI=1S/C33H39N3O7/c1-41-25-7-8-26-27(32(38)23-4-2-3-5-23)20-31(37)35(28(26)19-25)15-14-34-12-10-24(11-13-34)36(33(39)40)21-22-6-9-29-30(18-22)43-17-16-42-29/h6-9,18-20,23-24H,2-5,10-17,21H2,1H3,(H,39,40). The SMILES string of the molecule is COc1ccc2c(C(=O)C3CCCC3)cc(=O)n(CCN3CCC(N(Cc4ccc5c(c4)OCCO5)C(=O)O)CC3)c2c1. The largest absolute Gasteiger partial charge is 0.497 e. The van der Waals surface area contributed by atoms with E-state index in [0.717, 1.165) is 49.7 Å². The molecule has 3 heterocycles. The molecule has 0 bridgehead atoms. The molecule has 0 atom stereocenters. The number of rotatable bonds is 9. The molecular weight excluding hydrogens is 550 g/mol. The van der Waals surface area contributed by atoms with E-state index in [1.165, 1.54) is 11.0 Å². The van der Waals surface area contributed by atoms with E-state index in [4.69, 9.17) is 14.2 Å². The van der Waals surface area contributed by atoms with Crippen LogP contribution in [0.25, 0.3) is 10.9 Å². The second kappa shape index (κ2) is 12.7. The molecule has 2 aliphatic heterocycles. The highest BCUT2D eigenvalue weighted by atomic mass is 16.6. The summed E-state index contributed by atoms with van der Waals surface area (Å²) in [5, 5.41) is 10.8. The normalized spacial score (nSPS) is 17.7. The van der Waals surface area contributed by atoms with Crippen molar-refractivity contribution in [3.05, 3.63) is 63.9 Å². The van der Waals surface area contributed by atoms with E-state index >= 15 is 0 Å².